The third kappa shape index (κ3) is 4.17. The van der Waals surface area contributed by atoms with Crippen LogP contribution in [0.3, 0.4) is 0 Å². The van der Waals surface area contributed by atoms with Crippen LogP contribution in [0, 0.1) is 0 Å². The van der Waals surface area contributed by atoms with Crippen LogP contribution in [-0.4, -0.2) is 40.9 Å². The summed E-state index contributed by atoms with van der Waals surface area (Å²) in [5, 5.41) is 8.75. The van der Waals surface area contributed by atoms with E-state index in [1.165, 1.54) is 0 Å². The Hall–Kier alpha value is -1.68. The summed E-state index contributed by atoms with van der Waals surface area (Å²) in [7, 11) is 0. The lowest BCUT2D eigenvalue weighted by molar-refractivity contribution is -0.137. The molecule has 2 rings (SSSR count). The highest BCUT2D eigenvalue weighted by molar-refractivity contribution is 5.96. The Morgan fingerprint density at radius 3 is 2.65 bits per heavy atom. The predicted molar refractivity (Wildman–Crippen MR) is 76.9 cm³/mol. The summed E-state index contributed by atoms with van der Waals surface area (Å²) in [4.78, 5) is 25.0. The topological polar surface area (TPSA) is 57.6 Å². The van der Waals surface area contributed by atoms with E-state index in [2.05, 4.69) is 4.90 Å². The maximum absolute atomic E-state index is 12.1. The summed E-state index contributed by atoms with van der Waals surface area (Å²) in [6.45, 7) is 1.71. The number of aliphatic carboxylic acids is 1. The zero-order chi connectivity index (χ0) is 14.4. The second-order valence-corrected chi connectivity index (χ2v) is 5.30. The minimum atomic E-state index is -0.739. The first-order chi connectivity index (χ1) is 9.66. The molecule has 0 aliphatic carbocycles. The monoisotopic (exact) mass is 275 g/mol. The van der Waals surface area contributed by atoms with Crippen molar-refractivity contribution in [2.24, 2.45) is 0 Å². The van der Waals surface area contributed by atoms with Gasteiger partial charge in [0.15, 0.2) is 5.78 Å². The van der Waals surface area contributed by atoms with E-state index in [9.17, 15) is 9.59 Å². The van der Waals surface area contributed by atoms with Gasteiger partial charge in [0.1, 0.15) is 0 Å². The van der Waals surface area contributed by atoms with Gasteiger partial charge in [0.25, 0.3) is 0 Å². The zero-order valence-corrected chi connectivity index (χ0v) is 11.6. The molecule has 0 aromatic heterocycles. The smallest absolute Gasteiger partial charge is 0.303 e. The van der Waals surface area contributed by atoms with Crippen LogP contribution in [0.25, 0.3) is 0 Å². The van der Waals surface area contributed by atoms with Gasteiger partial charge in [-0.05, 0) is 25.8 Å². The summed E-state index contributed by atoms with van der Waals surface area (Å²) in [5.74, 6) is -0.577. The number of hydrogen-bond donors (Lipinski definition) is 1. The quantitative estimate of drug-likeness (QED) is 0.777. The number of benzene rings is 1. The highest BCUT2D eigenvalue weighted by Gasteiger charge is 2.25. The molecule has 1 heterocycles. The number of nitrogens with zero attached hydrogens (tertiary/aromatic N) is 1. The highest BCUT2D eigenvalue weighted by Crippen LogP contribution is 2.21. The van der Waals surface area contributed by atoms with Gasteiger partial charge >= 0.3 is 5.97 Å². The highest BCUT2D eigenvalue weighted by atomic mass is 16.4. The summed E-state index contributed by atoms with van der Waals surface area (Å²) >= 11 is 0. The van der Waals surface area contributed by atoms with Gasteiger partial charge in [-0.1, -0.05) is 30.3 Å². The Kier molecular flexibility index (Phi) is 5.30. The van der Waals surface area contributed by atoms with Crippen LogP contribution in [0.2, 0.25) is 0 Å². The maximum atomic E-state index is 12.1. The molecule has 0 saturated carbocycles. The predicted octanol–water partition coefficient (Wildman–Crippen LogP) is 2.59. The Morgan fingerprint density at radius 2 is 1.95 bits per heavy atom. The van der Waals surface area contributed by atoms with Crippen LogP contribution in [0.15, 0.2) is 30.3 Å². The molecule has 1 atom stereocenters. The van der Waals surface area contributed by atoms with Crippen LogP contribution < -0.4 is 0 Å². The standard InChI is InChI=1S/C16H21NO3/c18-15(13-5-2-1-3-6-13)10-12-17-11-4-7-14(17)8-9-16(19)20/h1-3,5-6,14H,4,7-12H2,(H,19,20). The van der Waals surface area contributed by atoms with Crippen LogP contribution in [-0.2, 0) is 4.79 Å². The van der Waals surface area contributed by atoms with Gasteiger partial charge in [0, 0.05) is 31.0 Å². The van der Waals surface area contributed by atoms with Gasteiger partial charge in [-0.3, -0.25) is 14.5 Å². The summed E-state index contributed by atoms with van der Waals surface area (Å²) in [6, 6.07) is 9.66. The minimum Gasteiger partial charge on any atom is -0.481 e. The van der Waals surface area contributed by atoms with E-state index in [1.807, 2.05) is 30.3 Å². The van der Waals surface area contributed by atoms with E-state index in [0.717, 1.165) is 31.5 Å². The van der Waals surface area contributed by atoms with E-state index in [0.29, 0.717) is 18.9 Å². The number of hydrogen-bond acceptors (Lipinski definition) is 3. The lowest BCUT2D eigenvalue weighted by atomic mass is 10.1. The average molecular weight is 275 g/mol. The largest absolute Gasteiger partial charge is 0.481 e. The van der Waals surface area contributed by atoms with Crippen LogP contribution >= 0.6 is 0 Å². The fourth-order valence-corrected chi connectivity index (χ4v) is 2.82. The van der Waals surface area contributed by atoms with E-state index in [4.69, 9.17) is 5.11 Å². The van der Waals surface area contributed by atoms with Gasteiger partial charge in [0.2, 0.25) is 0 Å². The summed E-state index contributed by atoms with van der Waals surface area (Å²) in [5.41, 5.74) is 0.758. The summed E-state index contributed by atoms with van der Waals surface area (Å²) in [6.07, 6.45) is 3.56. The normalized spacial score (nSPS) is 19.1. The Balaban J connectivity index is 1.80. The first kappa shape index (κ1) is 14.7. The van der Waals surface area contributed by atoms with E-state index >= 15 is 0 Å². The van der Waals surface area contributed by atoms with Crippen LogP contribution in [0.1, 0.15) is 42.5 Å². The SMILES string of the molecule is O=C(O)CCC1CCCN1CCC(=O)c1ccccc1. The molecule has 1 aromatic rings. The number of Topliss-reactive ketones (excluding diaryl/α,β-unsaturated/α-hetero) is 1. The number of ketones is 1. The Morgan fingerprint density at radius 1 is 1.20 bits per heavy atom. The molecule has 1 aliphatic heterocycles. The van der Waals surface area contributed by atoms with Crippen molar-refractivity contribution in [3.63, 3.8) is 0 Å². The second kappa shape index (κ2) is 7.20. The van der Waals surface area contributed by atoms with Crippen LogP contribution in [0.4, 0.5) is 0 Å². The number of carboxylic acids is 1. The lowest BCUT2D eigenvalue weighted by Crippen LogP contribution is -2.32. The zero-order valence-electron chi connectivity index (χ0n) is 11.6. The molecule has 1 unspecified atom stereocenters. The van der Waals surface area contributed by atoms with Crippen LogP contribution in [0.5, 0.6) is 0 Å². The van der Waals surface area contributed by atoms with Gasteiger partial charge in [-0.2, -0.15) is 0 Å². The molecule has 4 nitrogen and oxygen atoms in total. The first-order valence-corrected chi connectivity index (χ1v) is 7.21. The van der Waals surface area contributed by atoms with Crippen molar-refractivity contribution in [2.45, 2.75) is 38.1 Å². The second-order valence-electron chi connectivity index (χ2n) is 5.30. The molecule has 0 amide bonds. The molecular weight excluding hydrogens is 254 g/mol. The van der Waals surface area contributed by atoms with Crippen molar-refractivity contribution >= 4 is 11.8 Å². The maximum Gasteiger partial charge on any atom is 0.303 e. The fourth-order valence-electron chi connectivity index (χ4n) is 2.82. The van der Waals surface area contributed by atoms with Crippen molar-refractivity contribution < 1.29 is 14.7 Å². The number of likely N-dealkylation sites (tertiary alicyclic amines) is 1. The molecule has 20 heavy (non-hydrogen) atoms. The Bertz CT molecular complexity index is 458. The third-order valence-corrected chi connectivity index (χ3v) is 3.91. The first-order valence-electron chi connectivity index (χ1n) is 7.21. The van der Waals surface area contributed by atoms with Crippen molar-refractivity contribution in [3.8, 4) is 0 Å². The molecule has 4 heteroatoms. The minimum absolute atomic E-state index is 0.162. The van der Waals surface area contributed by atoms with Gasteiger partial charge in [0.05, 0.1) is 0 Å². The molecular formula is C16H21NO3. The van der Waals surface area contributed by atoms with Crippen molar-refractivity contribution in [1.29, 1.82) is 0 Å². The number of carboxylic acid groups (broad SMARTS) is 1. The summed E-state index contributed by atoms with van der Waals surface area (Å²) < 4.78 is 0. The average Bonchev–Trinajstić information content (AvgIpc) is 2.91. The molecule has 108 valence electrons. The number of carbonyl (C=O) groups is 2. The molecule has 0 bridgehead atoms. The van der Waals surface area contributed by atoms with Gasteiger partial charge in [-0.25, -0.2) is 0 Å². The Labute approximate surface area is 119 Å². The van der Waals surface area contributed by atoms with Crippen molar-refractivity contribution in [2.75, 3.05) is 13.1 Å². The molecule has 1 aromatic carbocycles. The molecule has 0 radical (unpaired) electrons. The van der Waals surface area contributed by atoms with E-state index in [1.54, 1.807) is 0 Å². The number of carbonyl (C=O) groups excluding carboxylic acids is 1. The molecule has 1 saturated heterocycles. The van der Waals surface area contributed by atoms with Gasteiger partial charge < -0.3 is 5.11 Å². The van der Waals surface area contributed by atoms with E-state index in [-0.39, 0.29) is 12.2 Å². The van der Waals surface area contributed by atoms with E-state index < -0.39 is 5.97 Å². The van der Waals surface area contributed by atoms with Crippen molar-refractivity contribution in [1.82, 2.24) is 4.90 Å². The molecule has 0 spiro atoms. The molecule has 1 fully saturated rings. The molecule has 1 N–H and O–H groups in total. The van der Waals surface area contributed by atoms with Gasteiger partial charge in [-0.15, -0.1) is 0 Å². The molecule has 1 aliphatic rings. The lowest BCUT2D eigenvalue weighted by Gasteiger charge is -2.23. The number of rotatable bonds is 7. The third-order valence-electron chi connectivity index (χ3n) is 3.91. The fraction of sp³-hybridized carbons (Fsp3) is 0.500. The van der Waals surface area contributed by atoms with Crippen molar-refractivity contribution in [3.05, 3.63) is 35.9 Å².